The van der Waals surface area contributed by atoms with Crippen LogP contribution in [0.5, 0.6) is 0 Å². The maximum absolute atomic E-state index is 14.5. The van der Waals surface area contributed by atoms with Crippen molar-refractivity contribution >= 4 is 40.4 Å². The average Bonchev–Trinajstić information content (AvgIpc) is 3.91. The second-order valence-corrected chi connectivity index (χ2v) is 18.4. The molecule has 16 heteroatoms. The first-order valence-electron chi connectivity index (χ1n) is 23.1. The van der Waals surface area contributed by atoms with Crippen molar-refractivity contribution in [1.82, 2.24) is 35.4 Å². The van der Waals surface area contributed by atoms with Crippen LogP contribution in [0.3, 0.4) is 0 Å². The Balaban J connectivity index is 1.52. The quantitative estimate of drug-likeness (QED) is 0.127. The van der Waals surface area contributed by atoms with E-state index in [0.717, 1.165) is 42.1 Å². The topological polar surface area (TPSA) is 192 Å². The number of hydrogen-bond acceptors (Lipinski definition) is 11. The molecule has 2 saturated heterocycles. The number of imide groups is 1. The zero-order chi connectivity index (χ0) is 46.5. The van der Waals surface area contributed by atoms with Gasteiger partial charge in [0, 0.05) is 70.0 Å². The number of benzene rings is 1. The van der Waals surface area contributed by atoms with Crippen LogP contribution in [-0.4, -0.2) is 158 Å². The highest BCUT2D eigenvalue weighted by molar-refractivity contribution is 6.00. The summed E-state index contributed by atoms with van der Waals surface area (Å²) < 4.78 is 12.2. The summed E-state index contributed by atoms with van der Waals surface area (Å²) in [5, 5.41) is 8.12. The van der Waals surface area contributed by atoms with E-state index < -0.39 is 48.2 Å². The Hall–Kier alpha value is -3.93. The molecular formula is C47H78N8O8. The van der Waals surface area contributed by atoms with Crippen molar-refractivity contribution in [2.75, 3.05) is 61.1 Å². The molecule has 354 valence electrons. The van der Waals surface area contributed by atoms with Gasteiger partial charge < -0.3 is 30.4 Å². The second kappa shape index (κ2) is 24.4. The van der Waals surface area contributed by atoms with Crippen molar-refractivity contribution in [2.45, 2.75) is 136 Å². The number of fused-ring (bicyclic) bond motifs is 1. The fraction of sp³-hybridized carbons (Fsp3) is 0.723. The molecule has 0 spiro atoms. The molecule has 0 radical (unpaired) electrons. The van der Waals surface area contributed by atoms with Crippen LogP contribution in [0, 0.1) is 23.7 Å². The van der Waals surface area contributed by atoms with Crippen molar-refractivity contribution in [3.8, 4) is 0 Å². The number of hydrogen-bond donors (Lipinski definition) is 4. The monoisotopic (exact) mass is 883 g/mol. The number of aromatic amines is 1. The largest absolute Gasteiger partial charge is 0.379 e. The van der Waals surface area contributed by atoms with Gasteiger partial charge in [-0.2, -0.15) is 0 Å². The van der Waals surface area contributed by atoms with E-state index in [0.29, 0.717) is 39.2 Å². The molecule has 2 aromatic rings. The van der Waals surface area contributed by atoms with Crippen molar-refractivity contribution < 1.29 is 38.3 Å². The summed E-state index contributed by atoms with van der Waals surface area (Å²) in [6.07, 6.45) is 4.70. The third-order valence-corrected chi connectivity index (χ3v) is 13.3. The SMILES string of the molecule is CC[C@H](C)[C@@H]([C@@H](CC(=O)N1CCC[C@H]1[C@H](OC)[C@@H](C)C(=O)N[C@@H](Cc1c[nH]c2ccccc12)C(=O)N1CCCCO1)OC)N(C)[C@H](C(=O)NC(=O)[C@H](C(C)C)N(C)CCN)C(C)C. The molecule has 0 bridgehead atoms. The summed E-state index contributed by atoms with van der Waals surface area (Å²) in [5.41, 5.74) is 7.64. The van der Waals surface area contributed by atoms with Crippen molar-refractivity contribution in [1.29, 1.82) is 0 Å². The molecule has 0 unspecified atom stereocenters. The Morgan fingerprint density at radius 2 is 1.60 bits per heavy atom. The van der Waals surface area contributed by atoms with Crippen LogP contribution in [0.4, 0.5) is 0 Å². The number of likely N-dealkylation sites (tertiary alicyclic amines) is 1. The molecular weight excluding hydrogens is 805 g/mol. The number of aromatic nitrogens is 1. The Morgan fingerprint density at radius 1 is 0.921 bits per heavy atom. The molecule has 4 rings (SSSR count). The number of para-hydroxylation sites is 1. The van der Waals surface area contributed by atoms with Crippen LogP contribution < -0.4 is 16.4 Å². The lowest BCUT2D eigenvalue weighted by Gasteiger charge is -2.43. The maximum atomic E-state index is 14.5. The fourth-order valence-electron chi connectivity index (χ4n) is 9.93. The number of amides is 5. The van der Waals surface area contributed by atoms with Crippen LogP contribution >= 0.6 is 0 Å². The molecule has 0 saturated carbocycles. The van der Waals surface area contributed by atoms with Gasteiger partial charge in [-0.05, 0) is 69.2 Å². The van der Waals surface area contributed by atoms with Crippen LogP contribution in [-0.2, 0) is 44.7 Å². The molecule has 5 amide bonds. The van der Waals surface area contributed by atoms with Gasteiger partial charge in [0.1, 0.15) is 6.04 Å². The Labute approximate surface area is 375 Å². The summed E-state index contributed by atoms with van der Waals surface area (Å²) in [5.74, 6) is -2.51. The average molecular weight is 883 g/mol. The van der Waals surface area contributed by atoms with Crippen LogP contribution in [0.15, 0.2) is 30.5 Å². The first-order chi connectivity index (χ1) is 30.0. The third kappa shape index (κ3) is 12.9. The first kappa shape index (κ1) is 51.7. The van der Waals surface area contributed by atoms with Gasteiger partial charge in [-0.25, -0.2) is 5.06 Å². The predicted octanol–water partition coefficient (Wildman–Crippen LogP) is 3.73. The molecule has 2 aliphatic heterocycles. The minimum absolute atomic E-state index is 0.0108. The summed E-state index contributed by atoms with van der Waals surface area (Å²) in [6.45, 7) is 16.0. The van der Waals surface area contributed by atoms with E-state index in [4.69, 9.17) is 20.0 Å². The Morgan fingerprint density at radius 3 is 2.21 bits per heavy atom. The van der Waals surface area contributed by atoms with Gasteiger partial charge >= 0.3 is 0 Å². The van der Waals surface area contributed by atoms with E-state index in [1.807, 2.05) is 87.0 Å². The minimum atomic E-state index is -0.892. The van der Waals surface area contributed by atoms with E-state index in [2.05, 4.69) is 29.5 Å². The lowest BCUT2D eigenvalue weighted by Crippen LogP contribution is -2.60. The second-order valence-electron chi connectivity index (χ2n) is 18.4. The number of H-pyrrole nitrogens is 1. The smallest absolute Gasteiger partial charge is 0.269 e. The zero-order valence-electron chi connectivity index (χ0n) is 39.9. The van der Waals surface area contributed by atoms with E-state index >= 15 is 0 Å². The number of nitrogens with one attached hydrogen (secondary N) is 3. The molecule has 1 aromatic heterocycles. The molecule has 3 heterocycles. The minimum Gasteiger partial charge on any atom is -0.379 e. The van der Waals surface area contributed by atoms with Gasteiger partial charge in [0.15, 0.2) is 0 Å². The van der Waals surface area contributed by atoms with E-state index in [9.17, 15) is 24.0 Å². The van der Waals surface area contributed by atoms with Crippen LogP contribution in [0.2, 0.25) is 0 Å². The Bertz CT molecular complexity index is 1800. The van der Waals surface area contributed by atoms with E-state index in [-0.39, 0.29) is 60.3 Å². The number of ether oxygens (including phenoxy) is 2. The number of nitrogens with zero attached hydrogens (tertiary/aromatic N) is 4. The predicted molar refractivity (Wildman–Crippen MR) is 244 cm³/mol. The fourth-order valence-corrected chi connectivity index (χ4v) is 9.93. The van der Waals surface area contributed by atoms with Crippen molar-refractivity contribution in [3.63, 3.8) is 0 Å². The summed E-state index contributed by atoms with van der Waals surface area (Å²) in [6, 6.07) is 4.96. The standard InChI is InChI=1S/C47H78N8O8/c1-12-31(6)42(53(9)41(30(4)5)46(59)51-45(58)40(29(2)3)52(8)24-21-48)38(61-10)27-39(56)54-22-17-20-37(54)43(62-11)32(7)44(57)50-36(47(60)55-23-15-16-25-63-55)26-33-28-49-35-19-14-13-18-34(33)35/h13-14,18-19,28-32,36-38,40-43,49H,12,15-17,20-27,48H2,1-11H3,(H,50,57)(H,51,58,59)/t31-,32+,36-,37-,38+,40-,41-,42-,43+/m0/s1. The van der Waals surface area contributed by atoms with Gasteiger partial charge in [0.25, 0.3) is 5.91 Å². The Kier molecular flexibility index (Phi) is 20.0. The summed E-state index contributed by atoms with van der Waals surface area (Å²) in [7, 11) is 6.85. The van der Waals surface area contributed by atoms with Gasteiger partial charge in [-0.3, -0.25) is 43.9 Å². The maximum Gasteiger partial charge on any atom is 0.269 e. The molecule has 16 nitrogen and oxygen atoms in total. The molecule has 2 fully saturated rings. The molecule has 2 aliphatic rings. The van der Waals surface area contributed by atoms with Gasteiger partial charge in [0.2, 0.25) is 23.6 Å². The molecule has 5 N–H and O–H groups in total. The summed E-state index contributed by atoms with van der Waals surface area (Å²) in [4.78, 5) is 85.0. The van der Waals surface area contributed by atoms with Crippen LogP contribution in [0.25, 0.3) is 10.9 Å². The molecule has 9 atom stereocenters. The number of methoxy groups -OCH3 is 2. The number of likely N-dealkylation sites (N-methyl/N-ethyl adjacent to an activating group) is 2. The van der Waals surface area contributed by atoms with Gasteiger partial charge in [-0.15, -0.1) is 0 Å². The number of carbonyl (C=O) groups excluding carboxylic acids is 5. The van der Waals surface area contributed by atoms with E-state index in [1.54, 1.807) is 21.1 Å². The third-order valence-electron chi connectivity index (χ3n) is 13.3. The molecule has 63 heavy (non-hydrogen) atoms. The highest BCUT2D eigenvalue weighted by atomic mass is 16.7. The van der Waals surface area contributed by atoms with Gasteiger partial charge in [-0.1, -0.05) is 73.1 Å². The lowest BCUT2D eigenvalue weighted by atomic mass is 9.87. The summed E-state index contributed by atoms with van der Waals surface area (Å²) >= 11 is 0. The highest BCUT2D eigenvalue weighted by Crippen LogP contribution is 2.31. The van der Waals surface area contributed by atoms with E-state index in [1.165, 1.54) is 5.06 Å². The normalized spacial score (nSPS) is 19.8. The van der Waals surface area contributed by atoms with Gasteiger partial charge in [0.05, 0.1) is 49.3 Å². The molecule has 0 aliphatic carbocycles. The number of rotatable bonds is 23. The molecule has 1 aromatic carbocycles. The first-order valence-corrected chi connectivity index (χ1v) is 23.1. The lowest BCUT2D eigenvalue weighted by molar-refractivity contribution is -0.199. The number of carbonyl (C=O) groups is 5. The van der Waals surface area contributed by atoms with Crippen LogP contribution in [0.1, 0.15) is 92.6 Å². The highest BCUT2D eigenvalue weighted by Gasteiger charge is 2.44. The van der Waals surface area contributed by atoms with Crippen molar-refractivity contribution in [3.05, 3.63) is 36.0 Å². The zero-order valence-corrected chi connectivity index (χ0v) is 39.9. The van der Waals surface area contributed by atoms with Crippen molar-refractivity contribution in [2.24, 2.45) is 29.4 Å². The number of hydroxylamine groups is 2. The number of nitrogens with two attached hydrogens (primary N) is 1.